The fourth-order valence-electron chi connectivity index (χ4n) is 4.11. The molecule has 0 fully saturated rings. The number of halogens is 3. The lowest BCUT2D eigenvalue weighted by Crippen LogP contribution is -2.23. The molecule has 0 radical (unpaired) electrons. The average molecular weight is 617 g/mol. The number of aromatic carboxylic acids is 1. The molecule has 0 aliphatic carbocycles. The van der Waals surface area contributed by atoms with E-state index < -0.39 is 87.1 Å². The van der Waals surface area contributed by atoms with Crippen LogP contribution in [-0.4, -0.2) is 46.1 Å². The maximum atomic E-state index is 13.8. The molecule has 1 aliphatic heterocycles. The summed E-state index contributed by atoms with van der Waals surface area (Å²) in [6, 6.07) is 9.49. The number of aliphatic carboxylic acids is 1. The van der Waals surface area contributed by atoms with Crippen LogP contribution in [0.1, 0.15) is 27.0 Å². The van der Waals surface area contributed by atoms with Gasteiger partial charge in [0.25, 0.3) is 11.4 Å². The zero-order valence-electron chi connectivity index (χ0n) is 21.0. The Labute approximate surface area is 237 Å². The summed E-state index contributed by atoms with van der Waals surface area (Å²) in [4.78, 5) is 46.8. The van der Waals surface area contributed by atoms with E-state index >= 15 is 0 Å². The number of rotatable bonds is 7. The second kappa shape index (κ2) is 10.9. The number of carboxylic acid groups (broad SMARTS) is 2. The summed E-state index contributed by atoms with van der Waals surface area (Å²) in [6.45, 7) is 0. The zero-order valence-corrected chi connectivity index (χ0v) is 21.8. The molecule has 0 atom stereocenters. The third-order valence-electron chi connectivity index (χ3n) is 6.01. The van der Waals surface area contributed by atoms with E-state index in [4.69, 9.17) is 5.11 Å². The molecule has 13 nitrogen and oxygen atoms in total. The van der Waals surface area contributed by atoms with E-state index in [0.29, 0.717) is 12.1 Å². The Bertz CT molecular complexity index is 1910. The Morgan fingerprint density at radius 2 is 1.30 bits per heavy atom. The van der Waals surface area contributed by atoms with Gasteiger partial charge in [0.15, 0.2) is 0 Å². The van der Waals surface area contributed by atoms with E-state index in [0.717, 1.165) is 60.7 Å². The van der Waals surface area contributed by atoms with Crippen molar-refractivity contribution in [3.63, 3.8) is 0 Å². The second-order valence-corrected chi connectivity index (χ2v) is 10.5. The zero-order chi connectivity index (χ0) is 31.9. The molecular weight excluding hydrogens is 603 g/mol. The van der Waals surface area contributed by atoms with Gasteiger partial charge in [-0.05, 0) is 59.7 Å². The van der Waals surface area contributed by atoms with Crippen LogP contribution in [0.2, 0.25) is 0 Å². The van der Waals surface area contributed by atoms with Crippen LogP contribution in [0.5, 0.6) is 0 Å². The first-order valence-corrected chi connectivity index (χ1v) is 13.0. The molecule has 43 heavy (non-hydrogen) atoms. The number of nitrogens with zero attached hydrogens (tertiary/aromatic N) is 3. The van der Waals surface area contributed by atoms with Gasteiger partial charge in [-0.3, -0.25) is 20.2 Å². The van der Waals surface area contributed by atoms with E-state index in [1.807, 2.05) is 0 Å². The van der Waals surface area contributed by atoms with Crippen LogP contribution in [0.4, 0.5) is 30.2 Å². The number of carbonyl (C=O) groups is 2. The molecule has 2 N–H and O–H groups in total. The van der Waals surface area contributed by atoms with Gasteiger partial charge in [0.2, 0.25) is 9.84 Å². The highest BCUT2D eigenvalue weighted by molar-refractivity contribution is 8.09. The Kier molecular flexibility index (Phi) is 7.69. The summed E-state index contributed by atoms with van der Waals surface area (Å²) in [5.41, 5.74) is -6.41. The topological polar surface area (TPSA) is 207 Å². The smallest absolute Gasteiger partial charge is 0.417 e. The van der Waals surface area contributed by atoms with E-state index in [1.165, 1.54) is 0 Å². The molecule has 0 saturated heterocycles. The number of hydrogen-bond donors (Lipinski definition) is 2. The fraction of sp³-hybridized carbons (Fsp3) is 0.0385. The Morgan fingerprint density at radius 1 is 0.791 bits per heavy atom. The molecule has 0 unspecified atom stereocenters. The van der Waals surface area contributed by atoms with Crippen molar-refractivity contribution in [3.8, 4) is 0 Å². The predicted molar refractivity (Wildman–Crippen MR) is 143 cm³/mol. The first-order chi connectivity index (χ1) is 20.0. The van der Waals surface area contributed by atoms with Crippen LogP contribution in [-0.2, 0) is 20.8 Å². The number of nitro groups is 2. The van der Waals surface area contributed by atoms with Crippen LogP contribution in [0.15, 0.2) is 83.4 Å². The normalized spacial score (nSPS) is 15.6. The third kappa shape index (κ3) is 5.87. The molecule has 0 amide bonds. The van der Waals surface area contributed by atoms with Gasteiger partial charge in [0.05, 0.1) is 42.2 Å². The van der Waals surface area contributed by atoms with Gasteiger partial charge < -0.3 is 10.2 Å². The second-order valence-electron chi connectivity index (χ2n) is 8.66. The van der Waals surface area contributed by atoms with Gasteiger partial charge in [0, 0.05) is 24.3 Å². The lowest BCUT2D eigenvalue weighted by molar-refractivity contribution is -0.385. The lowest BCUT2D eigenvalue weighted by Gasteiger charge is -2.21. The number of sulfone groups is 1. The SMILES string of the molecule is O=C(O)C1=C(c2ccc([N+](=O)[O-])cc2)S(=O)(=O)C(c2ccc([N+](=O)[O-])cc2)=CC1=Nc1ccc(C(=O)O)c(C(F)(F)F)c1. The fourth-order valence-corrected chi connectivity index (χ4v) is 5.95. The minimum absolute atomic E-state index is 0.181. The summed E-state index contributed by atoms with van der Waals surface area (Å²) in [7, 11) is -4.82. The quantitative estimate of drug-likeness (QED) is 0.260. The summed E-state index contributed by atoms with van der Waals surface area (Å²) < 4.78 is 68.5. The van der Waals surface area contributed by atoms with Crippen molar-refractivity contribution in [1.29, 1.82) is 0 Å². The molecule has 17 heteroatoms. The van der Waals surface area contributed by atoms with Crippen LogP contribution < -0.4 is 0 Å². The number of hydrogen-bond acceptors (Lipinski definition) is 9. The van der Waals surface area contributed by atoms with E-state index in [-0.39, 0.29) is 11.1 Å². The van der Waals surface area contributed by atoms with Crippen molar-refractivity contribution < 1.29 is 51.2 Å². The minimum atomic E-state index is -5.16. The highest BCUT2D eigenvalue weighted by atomic mass is 32.2. The maximum Gasteiger partial charge on any atom is 0.417 e. The Hall–Kier alpha value is -5.71. The van der Waals surface area contributed by atoms with Crippen molar-refractivity contribution in [1.82, 2.24) is 0 Å². The van der Waals surface area contributed by atoms with Gasteiger partial charge in [-0.25, -0.2) is 23.0 Å². The van der Waals surface area contributed by atoms with Crippen molar-refractivity contribution >= 4 is 54.4 Å². The van der Waals surface area contributed by atoms with Crippen molar-refractivity contribution in [2.45, 2.75) is 6.18 Å². The number of allylic oxidation sites excluding steroid dienone is 1. The monoisotopic (exact) mass is 617 g/mol. The molecule has 0 aromatic heterocycles. The molecule has 1 heterocycles. The highest BCUT2D eigenvalue weighted by Gasteiger charge is 2.39. The number of nitro benzene ring substituents is 2. The third-order valence-corrected chi connectivity index (χ3v) is 7.92. The Balaban J connectivity index is 2.06. The van der Waals surface area contributed by atoms with Gasteiger partial charge in [-0.1, -0.05) is 0 Å². The molecule has 3 aromatic rings. The minimum Gasteiger partial charge on any atom is -0.478 e. The lowest BCUT2D eigenvalue weighted by atomic mass is 10.0. The van der Waals surface area contributed by atoms with Crippen molar-refractivity contribution in [2.75, 3.05) is 0 Å². The first-order valence-electron chi connectivity index (χ1n) is 11.5. The van der Waals surface area contributed by atoms with Gasteiger partial charge in [0.1, 0.15) is 5.57 Å². The van der Waals surface area contributed by atoms with Crippen molar-refractivity contribution in [3.05, 3.63) is 121 Å². The van der Waals surface area contributed by atoms with Crippen LogP contribution in [0, 0.1) is 20.2 Å². The van der Waals surface area contributed by atoms with E-state index in [2.05, 4.69) is 4.99 Å². The Morgan fingerprint density at radius 3 is 1.74 bits per heavy atom. The van der Waals surface area contributed by atoms with Crippen molar-refractivity contribution in [2.24, 2.45) is 4.99 Å². The molecule has 4 rings (SSSR count). The van der Waals surface area contributed by atoms with Gasteiger partial charge in [-0.2, -0.15) is 13.2 Å². The van der Waals surface area contributed by atoms with Gasteiger partial charge >= 0.3 is 18.1 Å². The average Bonchev–Trinajstić information content (AvgIpc) is 2.92. The summed E-state index contributed by atoms with van der Waals surface area (Å²) in [6.07, 6.45) is -4.41. The standard InChI is InChI=1S/C26H14F3N3O10S/c27-26(28,29)19-11-15(5-10-18(19)24(33)34)30-20-12-21(13-1-6-16(7-2-13)31(37)38)43(41,42)23(22(20)25(35)36)14-3-8-17(9-4-14)32(39)40/h1-12H,(H,33,34)(H,35,36). The maximum absolute atomic E-state index is 13.8. The first kappa shape index (κ1) is 30.3. The van der Waals surface area contributed by atoms with E-state index in [1.54, 1.807) is 0 Å². The summed E-state index contributed by atoms with van der Waals surface area (Å²) in [5.74, 6) is -3.78. The van der Waals surface area contributed by atoms with E-state index in [9.17, 15) is 56.5 Å². The molecular formula is C26H14F3N3O10S. The molecule has 0 bridgehead atoms. The molecule has 220 valence electrons. The summed E-state index contributed by atoms with van der Waals surface area (Å²) >= 11 is 0. The highest BCUT2D eigenvalue weighted by Crippen LogP contribution is 2.41. The number of alkyl halides is 3. The van der Waals surface area contributed by atoms with Crippen LogP contribution in [0.3, 0.4) is 0 Å². The molecule has 0 spiro atoms. The number of carboxylic acids is 2. The largest absolute Gasteiger partial charge is 0.478 e. The van der Waals surface area contributed by atoms with Crippen LogP contribution >= 0.6 is 0 Å². The van der Waals surface area contributed by atoms with Gasteiger partial charge in [-0.15, -0.1) is 0 Å². The molecule has 0 saturated carbocycles. The predicted octanol–water partition coefficient (Wildman–Crippen LogP) is 5.26. The summed E-state index contributed by atoms with van der Waals surface area (Å²) in [5, 5.41) is 41.4. The van der Waals surface area contributed by atoms with Crippen LogP contribution in [0.25, 0.3) is 9.81 Å². The molecule has 1 aliphatic rings. The number of non-ortho nitro benzene ring substituents is 2. The number of aliphatic imine (C=N–C) groups is 1. The number of benzene rings is 3. The molecule has 3 aromatic carbocycles.